The number of carboxylic acid groups (broad SMARTS) is 1. The van der Waals surface area contributed by atoms with Crippen LogP contribution in [0.5, 0.6) is 5.88 Å². The molecule has 0 amide bonds. The minimum absolute atomic E-state index is 0.119. The van der Waals surface area contributed by atoms with Crippen molar-refractivity contribution in [3.05, 3.63) is 88.7 Å². The zero-order valence-corrected chi connectivity index (χ0v) is 19.7. The number of ether oxygens (including phenoxy) is 2. The monoisotopic (exact) mass is 474 g/mol. The van der Waals surface area contributed by atoms with Gasteiger partial charge in [-0.15, -0.1) is 0 Å². The number of rotatable bonds is 8. The van der Waals surface area contributed by atoms with Gasteiger partial charge >= 0.3 is 11.9 Å². The number of benzene rings is 2. The van der Waals surface area contributed by atoms with Gasteiger partial charge in [-0.2, -0.15) is 4.98 Å². The number of esters is 1. The molecule has 180 valence electrons. The second kappa shape index (κ2) is 9.99. The summed E-state index contributed by atoms with van der Waals surface area (Å²) in [7, 11) is 0. The molecular weight excluding hydrogens is 448 g/mol. The van der Waals surface area contributed by atoms with Crippen molar-refractivity contribution in [3.63, 3.8) is 0 Å². The normalized spacial score (nSPS) is 11.9. The molecule has 0 unspecified atom stereocenters. The van der Waals surface area contributed by atoms with Gasteiger partial charge in [0.25, 0.3) is 0 Å². The minimum Gasteiger partial charge on any atom is -0.478 e. The summed E-state index contributed by atoms with van der Waals surface area (Å²) in [5, 5.41) is 20.8. The maximum absolute atomic E-state index is 12.8. The van der Waals surface area contributed by atoms with Crippen molar-refractivity contribution < 1.29 is 29.3 Å². The Kier molecular flexibility index (Phi) is 6.84. The van der Waals surface area contributed by atoms with Gasteiger partial charge in [0.05, 0.1) is 24.5 Å². The van der Waals surface area contributed by atoms with Crippen LogP contribution in [-0.2, 0) is 4.74 Å². The number of hydrogen-bond donors (Lipinski definition) is 2. The van der Waals surface area contributed by atoms with Crippen molar-refractivity contribution in [2.24, 2.45) is 0 Å². The maximum atomic E-state index is 12.8. The number of aliphatic hydroxyl groups excluding tert-OH is 1. The van der Waals surface area contributed by atoms with E-state index in [2.05, 4.69) is 4.98 Å². The fourth-order valence-electron chi connectivity index (χ4n) is 4.04. The lowest BCUT2D eigenvalue weighted by Crippen LogP contribution is -2.15. The molecule has 0 saturated heterocycles. The standard InChI is InChI=1S/C27H26N2O6/c1-4-34-25-22(27(33)35-5-2)29-21(15-10-16(3)24(29)28-25)23(30)18-13-11-17(12-14-18)19-8-6-7-9-20(19)26(31)32/h6-15,23,30H,4-5H2,1-3H3,(H,31,32)/t23-/m1/s1. The molecule has 0 bridgehead atoms. The number of carboxylic acids is 1. The molecule has 2 heterocycles. The number of carbonyl (C=O) groups excluding carboxylic acids is 1. The van der Waals surface area contributed by atoms with Gasteiger partial charge in [0.2, 0.25) is 5.88 Å². The Hall–Kier alpha value is -4.17. The van der Waals surface area contributed by atoms with E-state index in [-0.39, 0.29) is 23.7 Å². The molecule has 0 spiro atoms. The Bertz CT molecular complexity index is 1390. The van der Waals surface area contributed by atoms with Crippen molar-refractivity contribution in [1.29, 1.82) is 0 Å². The molecule has 8 heteroatoms. The van der Waals surface area contributed by atoms with Crippen molar-refractivity contribution in [1.82, 2.24) is 9.38 Å². The van der Waals surface area contributed by atoms with Crippen LogP contribution < -0.4 is 4.74 Å². The first kappa shape index (κ1) is 24.0. The first-order valence-electron chi connectivity index (χ1n) is 11.3. The minimum atomic E-state index is -1.10. The van der Waals surface area contributed by atoms with Crippen LogP contribution in [0, 0.1) is 6.92 Å². The van der Waals surface area contributed by atoms with Gasteiger partial charge in [-0.25, -0.2) is 9.59 Å². The molecule has 0 fully saturated rings. The predicted octanol–water partition coefficient (Wildman–Crippen LogP) is 4.67. The van der Waals surface area contributed by atoms with Gasteiger partial charge < -0.3 is 19.7 Å². The summed E-state index contributed by atoms with van der Waals surface area (Å²) in [6, 6.07) is 17.3. The van der Waals surface area contributed by atoms with E-state index < -0.39 is 18.0 Å². The van der Waals surface area contributed by atoms with E-state index in [9.17, 15) is 19.8 Å². The number of hydrogen-bond acceptors (Lipinski definition) is 6. The zero-order valence-electron chi connectivity index (χ0n) is 19.7. The zero-order chi connectivity index (χ0) is 25.1. The molecule has 2 aromatic heterocycles. The number of aliphatic hydroxyl groups is 1. The first-order valence-corrected chi connectivity index (χ1v) is 11.3. The smallest absolute Gasteiger partial charge is 0.361 e. The summed E-state index contributed by atoms with van der Waals surface area (Å²) >= 11 is 0. The Morgan fingerprint density at radius 1 is 1.00 bits per heavy atom. The number of nitrogens with zero attached hydrogens (tertiary/aromatic N) is 2. The average molecular weight is 475 g/mol. The van der Waals surface area contributed by atoms with Crippen LogP contribution in [-0.4, -0.2) is 44.8 Å². The predicted molar refractivity (Wildman–Crippen MR) is 130 cm³/mol. The third-order valence-electron chi connectivity index (χ3n) is 5.69. The van der Waals surface area contributed by atoms with Gasteiger partial charge in [-0.3, -0.25) is 4.40 Å². The van der Waals surface area contributed by atoms with Crippen LogP contribution >= 0.6 is 0 Å². The first-order chi connectivity index (χ1) is 16.9. The Morgan fingerprint density at radius 2 is 1.71 bits per heavy atom. The Morgan fingerprint density at radius 3 is 2.37 bits per heavy atom. The molecule has 0 aliphatic rings. The highest BCUT2D eigenvalue weighted by Gasteiger charge is 2.27. The molecule has 0 radical (unpaired) electrons. The van der Waals surface area contributed by atoms with Crippen LogP contribution in [0.15, 0.2) is 60.7 Å². The topological polar surface area (TPSA) is 110 Å². The van der Waals surface area contributed by atoms with E-state index in [0.29, 0.717) is 34.6 Å². The van der Waals surface area contributed by atoms with E-state index in [4.69, 9.17) is 9.47 Å². The molecule has 0 aliphatic heterocycles. The number of pyridine rings is 1. The summed E-state index contributed by atoms with van der Waals surface area (Å²) in [6.45, 7) is 5.86. The van der Waals surface area contributed by atoms with Crippen molar-refractivity contribution >= 4 is 17.6 Å². The summed E-state index contributed by atoms with van der Waals surface area (Å²) < 4.78 is 12.4. The highest BCUT2D eigenvalue weighted by molar-refractivity contribution is 5.96. The van der Waals surface area contributed by atoms with Gasteiger partial charge in [0.1, 0.15) is 11.8 Å². The van der Waals surface area contributed by atoms with Gasteiger partial charge in [-0.1, -0.05) is 48.5 Å². The molecule has 1 atom stereocenters. The number of fused-ring (bicyclic) bond motifs is 1. The highest BCUT2D eigenvalue weighted by atomic mass is 16.5. The number of imidazole rings is 1. The van der Waals surface area contributed by atoms with Gasteiger partial charge in [0, 0.05) is 0 Å². The average Bonchev–Trinajstić information content (AvgIpc) is 3.24. The van der Waals surface area contributed by atoms with Gasteiger partial charge in [-0.05, 0) is 55.2 Å². The fraction of sp³-hybridized carbons (Fsp3) is 0.222. The Balaban J connectivity index is 1.80. The Labute approximate surface area is 202 Å². The molecule has 4 rings (SSSR count). The van der Waals surface area contributed by atoms with Crippen LogP contribution in [0.25, 0.3) is 16.8 Å². The fourth-order valence-corrected chi connectivity index (χ4v) is 4.04. The largest absolute Gasteiger partial charge is 0.478 e. The highest BCUT2D eigenvalue weighted by Crippen LogP contribution is 2.32. The number of carbonyl (C=O) groups is 2. The van der Waals surface area contributed by atoms with Crippen LogP contribution in [0.3, 0.4) is 0 Å². The summed E-state index contributed by atoms with van der Waals surface area (Å²) in [4.78, 5) is 28.9. The third kappa shape index (κ3) is 4.48. The van der Waals surface area contributed by atoms with Crippen molar-refractivity contribution in [3.8, 4) is 17.0 Å². The quantitative estimate of drug-likeness (QED) is 0.357. The van der Waals surface area contributed by atoms with E-state index in [1.54, 1.807) is 72.8 Å². The summed E-state index contributed by atoms with van der Waals surface area (Å²) in [5.41, 5.74) is 3.88. The second-order valence-corrected chi connectivity index (χ2v) is 7.89. The molecule has 0 aliphatic carbocycles. The number of aryl methyl sites for hydroxylation is 1. The van der Waals surface area contributed by atoms with E-state index in [1.165, 1.54) is 0 Å². The molecular formula is C27H26N2O6. The van der Waals surface area contributed by atoms with E-state index >= 15 is 0 Å². The number of aromatic carboxylic acids is 1. The van der Waals surface area contributed by atoms with Crippen LogP contribution in [0.4, 0.5) is 0 Å². The molecule has 2 N–H and O–H groups in total. The second-order valence-electron chi connectivity index (χ2n) is 7.89. The lowest BCUT2D eigenvalue weighted by Gasteiger charge is -2.17. The van der Waals surface area contributed by atoms with Crippen LogP contribution in [0.1, 0.15) is 57.6 Å². The molecule has 0 saturated carbocycles. The SMILES string of the molecule is CCOC(=O)c1c(OCC)nc2c(C)ccc([C@H](O)c3ccc(-c4ccccc4C(=O)O)cc3)n12. The molecule has 35 heavy (non-hydrogen) atoms. The third-order valence-corrected chi connectivity index (χ3v) is 5.69. The van der Waals surface area contributed by atoms with E-state index in [1.807, 2.05) is 13.0 Å². The maximum Gasteiger partial charge on any atom is 0.361 e. The van der Waals surface area contributed by atoms with Gasteiger partial charge in [0.15, 0.2) is 5.69 Å². The lowest BCUT2D eigenvalue weighted by molar-refractivity contribution is 0.0511. The summed E-state index contributed by atoms with van der Waals surface area (Å²) in [6.07, 6.45) is -1.10. The van der Waals surface area contributed by atoms with E-state index in [0.717, 1.165) is 5.56 Å². The van der Waals surface area contributed by atoms with Crippen LogP contribution in [0.2, 0.25) is 0 Å². The molecule has 8 nitrogen and oxygen atoms in total. The van der Waals surface area contributed by atoms with Crippen molar-refractivity contribution in [2.75, 3.05) is 13.2 Å². The number of aromatic nitrogens is 2. The van der Waals surface area contributed by atoms with Crippen molar-refractivity contribution in [2.45, 2.75) is 26.9 Å². The molecule has 2 aromatic carbocycles. The lowest BCUT2D eigenvalue weighted by atomic mass is 9.97. The summed E-state index contributed by atoms with van der Waals surface area (Å²) in [5.74, 6) is -1.46. The molecule has 4 aromatic rings.